The zero-order valence-corrected chi connectivity index (χ0v) is 13.3. The fourth-order valence-electron chi connectivity index (χ4n) is 3.11. The molecule has 0 spiro atoms. The Kier molecular flexibility index (Phi) is 5.01. The van der Waals surface area contributed by atoms with Crippen molar-refractivity contribution in [2.24, 2.45) is 10.2 Å². The highest BCUT2D eigenvalue weighted by atomic mass is 16.4. The normalized spacial score (nSPS) is 14.0. The Morgan fingerprint density at radius 2 is 1.78 bits per heavy atom. The third-order valence-corrected chi connectivity index (χ3v) is 4.40. The largest absolute Gasteiger partial charge is 0.481 e. The van der Waals surface area contributed by atoms with Crippen LogP contribution in [0.25, 0.3) is 12.2 Å². The van der Waals surface area contributed by atoms with Crippen LogP contribution in [0.2, 0.25) is 0 Å². The monoisotopic (exact) mass is 310 g/mol. The van der Waals surface area contributed by atoms with Crippen molar-refractivity contribution in [1.29, 1.82) is 0 Å². The van der Waals surface area contributed by atoms with Gasteiger partial charge in [-0.15, -0.1) is 0 Å². The molecule has 2 aliphatic rings. The number of hydrogen-bond acceptors (Lipinski definition) is 3. The zero-order valence-electron chi connectivity index (χ0n) is 13.3. The minimum Gasteiger partial charge on any atom is -0.481 e. The summed E-state index contributed by atoms with van der Waals surface area (Å²) in [6.07, 6.45) is 13.9. The van der Waals surface area contributed by atoms with E-state index >= 15 is 0 Å². The minimum atomic E-state index is -0.689. The predicted molar refractivity (Wildman–Crippen MR) is 91.8 cm³/mol. The Morgan fingerprint density at radius 1 is 1.00 bits per heavy atom. The first-order chi connectivity index (χ1) is 11.2. The van der Waals surface area contributed by atoms with Gasteiger partial charge >= 0.3 is 5.97 Å². The minimum absolute atomic E-state index is 0.297. The van der Waals surface area contributed by atoms with Gasteiger partial charge in [-0.2, -0.15) is 10.2 Å². The number of hydrogen-bond donors (Lipinski definition) is 1. The first kappa shape index (κ1) is 15.7. The molecule has 0 radical (unpaired) electrons. The first-order valence-corrected chi connectivity index (χ1v) is 8.43. The van der Waals surface area contributed by atoms with Gasteiger partial charge in [-0.05, 0) is 42.2 Å². The van der Waals surface area contributed by atoms with E-state index in [1.165, 1.54) is 29.2 Å². The van der Waals surface area contributed by atoms with E-state index < -0.39 is 5.97 Å². The lowest BCUT2D eigenvalue weighted by molar-refractivity contribution is -0.137. The highest BCUT2D eigenvalue weighted by molar-refractivity contribution is 6.01. The molecule has 1 aliphatic carbocycles. The maximum atomic E-state index is 10.4. The summed E-state index contributed by atoms with van der Waals surface area (Å²) < 4.78 is 0. The van der Waals surface area contributed by atoms with Crippen molar-refractivity contribution in [3.05, 3.63) is 39.9 Å². The summed E-state index contributed by atoms with van der Waals surface area (Å²) in [7, 11) is 0. The second kappa shape index (κ2) is 7.36. The number of fused-ring (bicyclic) bond motifs is 2. The van der Waals surface area contributed by atoms with Crippen molar-refractivity contribution >= 4 is 23.8 Å². The second-order valence-electron chi connectivity index (χ2n) is 6.19. The quantitative estimate of drug-likeness (QED) is 0.713. The third-order valence-electron chi connectivity index (χ3n) is 4.40. The maximum Gasteiger partial charge on any atom is 0.303 e. The third kappa shape index (κ3) is 3.95. The molecule has 0 unspecified atom stereocenters. The number of allylic oxidation sites excluding steroid dienone is 1. The highest BCUT2D eigenvalue weighted by Gasteiger charge is 2.13. The molecule has 0 fully saturated rings. The number of benzene rings is 1. The molecule has 23 heavy (non-hydrogen) atoms. The number of carboxylic acid groups (broad SMARTS) is 1. The van der Waals surface area contributed by atoms with E-state index in [1.807, 2.05) is 0 Å². The van der Waals surface area contributed by atoms with Gasteiger partial charge in [0.15, 0.2) is 0 Å². The topological polar surface area (TPSA) is 62.0 Å². The summed E-state index contributed by atoms with van der Waals surface area (Å²) in [6.45, 7) is 0. The summed E-state index contributed by atoms with van der Waals surface area (Å²) >= 11 is 0. The maximum absolute atomic E-state index is 10.4. The zero-order chi connectivity index (χ0) is 16.1. The number of carbonyl (C=O) groups is 1. The lowest BCUT2D eigenvalue weighted by Crippen LogP contribution is -2.18. The van der Waals surface area contributed by atoms with Gasteiger partial charge in [0.05, 0.1) is 11.1 Å². The van der Waals surface area contributed by atoms with Crippen LogP contribution in [0.1, 0.15) is 62.5 Å². The van der Waals surface area contributed by atoms with Crippen LogP contribution in [-0.2, 0) is 4.79 Å². The molecule has 4 nitrogen and oxygen atoms in total. The van der Waals surface area contributed by atoms with Gasteiger partial charge in [0.25, 0.3) is 0 Å². The van der Waals surface area contributed by atoms with E-state index in [9.17, 15) is 4.79 Å². The molecule has 0 atom stereocenters. The van der Waals surface area contributed by atoms with Crippen LogP contribution in [-0.4, -0.2) is 16.8 Å². The molecule has 3 rings (SSSR count). The van der Waals surface area contributed by atoms with E-state index in [2.05, 4.69) is 40.6 Å². The molecular formula is C19H22N2O2. The van der Waals surface area contributed by atoms with Gasteiger partial charge < -0.3 is 5.11 Å². The summed E-state index contributed by atoms with van der Waals surface area (Å²) in [5, 5.41) is 19.5. The molecule has 1 aliphatic heterocycles. The average Bonchev–Trinajstić information content (AvgIpc) is 3.13. The van der Waals surface area contributed by atoms with E-state index in [-0.39, 0.29) is 0 Å². The van der Waals surface area contributed by atoms with E-state index in [1.54, 1.807) is 0 Å². The summed E-state index contributed by atoms with van der Waals surface area (Å²) in [5.41, 5.74) is 3.52. The lowest BCUT2D eigenvalue weighted by Gasteiger charge is -2.03. The van der Waals surface area contributed by atoms with E-state index in [4.69, 9.17) is 5.11 Å². The van der Waals surface area contributed by atoms with Crippen molar-refractivity contribution < 1.29 is 9.90 Å². The van der Waals surface area contributed by atoms with Crippen LogP contribution >= 0.6 is 0 Å². The van der Waals surface area contributed by atoms with Crippen molar-refractivity contribution in [3.63, 3.8) is 0 Å². The lowest BCUT2D eigenvalue weighted by atomic mass is 10.0. The molecule has 1 heterocycles. The van der Waals surface area contributed by atoms with Crippen LogP contribution in [0.15, 0.2) is 28.4 Å². The summed E-state index contributed by atoms with van der Waals surface area (Å²) in [5.74, 6) is -0.689. The molecular weight excluding hydrogens is 288 g/mol. The number of unbranched alkanes of at least 4 members (excludes halogenated alkanes) is 5. The Morgan fingerprint density at radius 3 is 2.61 bits per heavy atom. The van der Waals surface area contributed by atoms with Crippen molar-refractivity contribution in [2.75, 3.05) is 0 Å². The fourth-order valence-corrected chi connectivity index (χ4v) is 3.11. The number of rotatable bonds is 9. The second-order valence-corrected chi connectivity index (χ2v) is 6.19. The highest BCUT2D eigenvalue weighted by Crippen LogP contribution is 2.13. The van der Waals surface area contributed by atoms with Gasteiger partial charge in [0.2, 0.25) is 0 Å². The van der Waals surface area contributed by atoms with Crippen LogP contribution in [0, 0.1) is 0 Å². The number of nitrogens with zero attached hydrogens (tertiary/aromatic N) is 2. The number of carboxylic acids is 1. The predicted octanol–water partition coefficient (Wildman–Crippen LogP) is 3.04. The average molecular weight is 310 g/mol. The Hall–Kier alpha value is -2.23. The molecule has 0 saturated heterocycles. The van der Waals surface area contributed by atoms with Crippen molar-refractivity contribution in [2.45, 2.75) is 51.4 Å². The molecule has 1 aromatic carbocycles. The van der Waals surface area contributed by atoms with Crippen molar-refractivity contribution in [1.82, 2.24) is 0 Å². The first-order valence-electron chi connectivity index (χ1n) is 8.43. The summed E-state index contributed by atoms with van der Waals surface area (Å²) in [6, 6.07) is 4.31. The van der Waals surface area contributed by atoms with Crippen LogP contribution in [0.3, 0.4) is 0 Å². The van der Waals surface area contributed by atoms with Crippen LogP contribution < -0.4 is 10.6 Å². The molecule has 0 saturated carbocycles. The van der Waals surface area contributed by atoms with Crippen LogP contribution in [0.5, 0.6) is 0 Å². The molecule has 4 heteroatoms. The molecule has 0 aromatic heterocycles. The van der Waals surface area contributed by atoms with Gasteiger partial charge in [-0.1, -0.05) is 43.9 Å². The standard InChI is InChI=1S/C19H22N2O2/c22-19(23)11-6-4-2-1-3-5-10-17-16-12-14-8-7-9-15(14)13-18(16)21-20-17/h7-9,12-13H,1-6,10-11H2,(H,22,23). The Balaban J connectivity index is 1.40. The Labute approximate surface area is 136 Å². The van der Waals surface area contributed by atoms with E-state index in [0.29, 0.717) is 6.42 Å². The van der Waals surface area contributed by atoms with E-state index in [0.717, 1.165) is 43.2 Å². The molecule has 120 valence electrons. The molecule has 0 bridgehead atoms. The fraction of sp³-hybridized carbons (Fsp3) is 0.421. The van der Waals surface area contributed by atoms with Gasteiger partial charge in [-0.3, -0.25) is 4.79 Å². The molecule has 1 aromatic rings. The van der Waals surface area contributed by atoms with Crippen LogP contribution in [0.4, 0.5) is 0 Å². The molecule has 1 N–H and O–H groups in total. The Bertz CT molecular complexity index is 775. The molecule has 0 amide bonds. The number of aliphatic carboxylic acids is 1. The van der Waals surface area contributed by atoms with Gasteiger partial charge in [-0.25, -0.2) is 0 Å². The van der Waals surface area contributed by atoms with Crippen molar-refractivity contribution in [3.8, 4) is 0 Å². The SMILES string of the molecule is O=C(O)CCCCCCCCC1=NN=c2cc3c(cc21)=CC=C3. The smallest absolute Gasteiger partial charge is 0.303 e. The van der Waals surface area contributed by atoms with Gasteiger partial charge in [0.1, 0.15) is 0 Å². The van der Waals surface area contributed by atoms with Gasteiger partial charge in [0, 0.05) is 12.0 Å². The summed E-state index contributed by atoms with van der Waals surface area (Å²) in [4.78, 5) is 10.4.